The molecule has 0 bridgehead atoms. The number of carbonyl (C=O) groups excluding carboxylic acids is 12. The molecule has 7 N–H and O–H groups in total. The number of hydrogen-bond donors (Lipinski definition) is 6. The molecule has 0 radical (unpaired) electrons. The van der Waals surface area contributed by atoms with Gasteiger partial charge in [0.15, 0.2) is 11.3 Å². The van der Waals surface area contributed by atoms with Crippen molar-refractivity contribution >= 4 is 87.8 Å². The van der Waals surface area contributed by atoms with Crippen molar-refractivity contribution in [2.75, 3.05) is 53.1 Å². The van der Waals surface area contributed by atoms with Crippen molar-refractivity contribution in [3.8, 4) is 11.5 Å². The average Bonchev–Trinajstić information content (AvgIpc) is 2.26. The van der Waals surface area contributed by atoms with Crippen molar-refractivity contribution in [3.05, 3.63) is 44.6 Å². The second-order valence-electron chi connectivity index (χ2n) is 25.1. The fourth-order valence-corrected chi connectivity index (χ4v) is 12.1. The number of nitrogens with one attached hydrogen (secondary N) is 5. The van der Waals surface area contributed by atoms with Crippen molar-refractivity contribution in [3.63, 3.8) is 0 Å². The van der Waals surface area contributed by atoms with E-state index in [1.807, 2.05) is 0 Å². The summed E-state index contributed by atoms with van der Waals surface area (Å²) in [5, 5.41) is 13.2. The monoisotopic (exact) mass is 1240 g/mol. The quantitative estimate of drug-likeness (QED) is 0.101. The highest BCUT2D eigenvalue weighted by Crippen LogP contribution is 2.35. The highest BCUT2D eigenvalue weighted by atomic mass is 16.6. The number of rotatable bonds is 8. The Morgan fingerprint density at radius 2 is 1.12 bits per heavy atom. The first-order valence-corrected chi connectivity index (χ1v) is 30.1. The highest BCUT2D eigenvalue weighted by Gasteiger charge is 2.46. The first kappa shape index (κ1) is 67.8. The molecule has 1 aromatic rings. The molecule has 10 atom stereocenters. The minimum Gasteiger partial charge on any atom is -0.458 e. The third kappa shape index (κ3) is 13.8. The summed E-state index contributed by atoms with van der Waals surface area (Å²) in [7, 11) is 4.14. The van der Waals surface area contributed by atoms with Gasteiger partial charge in [-0.05, 0) is 88.7 Å². The van der Waals surface area contributed by atoms with Crippen LogP contribution in [0.4, 0.5) is 5.69 Å². The number of hydrogen-bond acceptors (Lipinski definition) is 18. The van der Waals surface area contributed by atoms with Crippen molar-refractivity contribution in [1.29, 1.82) is 0 Å². The van der Waals surface area contributed by atoms with E-state index in [1.165, 1.54) is 68.7 Å². The van der Waals surface area contributed by atoms with Crippen LogP contribution < -0.4 is 37.7 Å². The zero-order valence-corrected chi connectivity index (χ0v) is 53.2. The summed E-state index contributed by atoms with van der Waals surface area (Å²) in [6, 6.07) is -7.92. The van der Waals surface area contributed by atoms with Crippen molar-refractivity contribution in [2.45, 2.75) is 169 Å². The number of amides is 10. The SMILES string of the molecule is Cc1c2oc3c(C)ccc(C(=O)NC4C(=O)NC(C(C)C)C(=O)N5CCCC5C(=O)N(C)CC(=O)N(C)C(C(C)C)C(=O)OC4C)c3nc-2c(C(=O)NC2C(=O)NC(C(C)C)C(=O)N3CCCC3C(=O)NCC(=O)N(C)C(C(C)C)C(=O)OC2C)c(N)c1=O. The van der Waals surface area contributed by atoms with Crippen LogP contribution in [-0.4, -0.2) is 208 Å². The molecule has 6 aliphatic rings. The smallest absolute Gasteiger partial charge is 0.329 e. The molecule has 89 heavy (non-hydrogen) atoms. The first-order valence-electron chi connectivity index (χ1n) is 30.1. The maximum atomic E-state index is 15.1. The standard InChI is InChI=1S/C61H84N12O16/c1-26(2)41-58(83)72-22-16-18-35(72)53(78)63-24-37(74)70(14)47(28(5)6)60(85)88-33(12)44(56(81)65-41)68-54(79)39-40(62)49(76)31(10)51-46(39)64-45-34(21-20-30(9)50(45)89-51)52(77)67-43-32(11)87-61(86)48(29(7)8)71(15)38(75)25-69(13)57(82)36-19-17-23-73(36)59(84)42(27(3)4)66-55(43)80/h20-21,26-29,32-33,35-36,41-44,47-48H,16-19,22-25,62H2,1-15H3,(H,63,78)(H,65,81)(H,66,80)(H,67,77)(H,68,79). The van der Waals surface area contributed by atoms with E-state index in [0.717, 1.165) is 9.80 Å². The van der Waals surface area contributed by atoms with E-state index in [0.29, 0.717) is 18.4 Å². The number of nitrogen functional groups attached to an aromatic ring is 1. The fraction of sp³-hybridized carbons (Fsp3) is 0.607. The van der Waals surface area contributed by atoms with E-state index in [2.05, 4.69) is 26.6 Å². The molecule has 28 nitrogen and oxygen atoms in total. The van der Waals surface area contributed by atoms with Gasteiger partial charge in [-0.2, -0.15) is 0 Å². The number of fused-ring (bicyclic) bond motifs is 4. The van der Waals surface area contributed by atoms with Crippen LogP contribution in [0.15, 0.2) is 21.3 Å². The number of carbonyl (C=O) groups is 12. The van der Waals surface area contributed by atoms with Gasteiger partial charge in [-0.3, -0.25) is 52.7 Å². The summed E-state index contributed by atoms with van der Waals surface area (Å²) in [6.07, 6.45) is -1.67. The number of nitrogens with two attached hydrogens (primary N) is 1. The maximum Gasteiger partial charge on any atom is 0.329 e. The number of anilines is 1. The van der Waals surface area contributed by atoms with Crippen LogP contribution in [0, 0.1) is 37.5 Å². The van der Waals surface area contributed by atoms with Gasteiger partial charge in [0.1, 0.15) is 71.8 Å². The minimum absolute atomic E-state index is 0.0771. The maximum absolute atomic E-state index is 15.1. The van der Waals surface area contributed by atoms with Crippen LogP contribution >= 0.6 is 0 Å². The van der Waals surface area contributed by atoms with Gasteiger partial charge in [0.25, 0.3) is 11.8 Å². The van der Waals surface area contributed by atoms with Crippen LogP contribution in [0.5, 0.6) is 0 Å². The normalized spacial score (nSPS) is 26.3. The predicted molar refractivity (Wildman–Crippen MR) is 321 cm³/mol. The van der Waals surface area contributed by atoms with Crippen LogP contribution in [-0.2, 0) is 57.4 Å². The summed E-state index contributed by atoms with van der Waals surface area (Å²) >= 11 is 0. The van der Waals surface area contributed by atoms with E-state index >= 15 is 9.59 Å². The number of benzene rings is 2. The van der Waals surface area contributed by atoms with Gasteiger partial charge in [-0.1, -0.05) is 61.5 Å². The largest absolute Gasteiger partial charge is 0.458 e. The topological polar surface area (TPSA) is 369 Å². The minimum atomic E-state index is -1.88. The predicted octanol–water partition coefficient (Wildman–Crippen LogP) is 0.383. The molecule has 0 spiro atoms. The number of aryl methyl sites for hydroxylation is 1. The molecule has 0 saturated carbocycles. The Hall–Kier alpha value is -8.72. The van der Waals surface area contributed by atoms with Crippen LogP contribution in [0.1, 0.15) is 127 Å². The Morgan fingerprint density at radius 3 is 1.63 bits per heavy atom. The number of likely N-dealkylation sites (N-methyl/N-ethyl adjacent to an activating group) is 3. The molecule has 1 aromatic carbocycles. The molecule has 5 heterocycles. The van der Waals surface area contributed by atoms with E-state index in [9.17, 15) is 52.7 Å². The van der Waals surface area contributed by atoms with E-state index in [-0.39, 0.29) is 53.9 Å². The molecular weight excluding hydrogens is 1160 g/mol. The molecule has 4 fully saturated rings. The average molecular weight is 1240 g/mol. The lowest BCUT2D eigenvalue weighted by molar-refractivity contribution is -0.163. The molecule has 7 rings (SSSR count). The van der Waals surface area contributed by atoms with E-state index in [1.54, 1.807) is 62.3 Å². The molecule has 10 unspecified atom stereocenters. The molecule has 484 valence electrons. The van der Waals surface area contributed by atoms with Crippen molar-refractivity contribution < 1.29 is 71.4 Å². The molecule has 5 aliphatic heterocycles. The van der Waals surface area contributed by atoms with Crippen LogP contribution in [0.25, 0.3) is 22.6 Å². The zero-order valence-electron chi connectivity index (χ0n) is 53.2. The lowest BCUT2D eigenvalue weighted by Crippen LogP contribution is -2.61. The van der Waals surface area contributed by atoms with Crippen LogP contribution in [0.3, 0.4) is 0 Å². The zero-order chi connectivity index (χ0) is 66.1. The van der Waals surface area contributed by atoms with Gasteiger partial charge in [0.05, 0.1) is 29.9 Å². The second kappa shape index (κ2) is 27.3. The molecule has 1 aliphatic carbocycles. The fourth-order valence-electron chi connectivity index (χ4n) is 12.1. The molecule has 4 saturated heterocycles. The molecule has 10 amide bonds. The number of ether oxygens (including phenoxy) is 2. The van der Waals surface area contributed by atoms with Gasteiger partial charge < -0.3 is 70.7 Å². The Morgan fingerprint density at radius 1 is 0.640 bits per heavy atom. The Labute approximate surface area is 515 Å². The summed E-state index contributed by atoms with van der Waals surface area (Å²) in [5.74, 6) is -12.5. The highest BCUT2D eigenvalue weighted by molar-refractivity contribution is 6.10. The lowest BCUT2D eigenvalue weighted by Gasteiger charge is -2.36. The Bertz CT molecular complexity index is 3380. The third-order valence-electron chi connectivity index (χ3n) is 17.2. The number of aromatic nitrogens is 1. The third-order valence-corrected chi connectivity index (χ3v) is 17.2. The summed E-state index contributed by atoms with van der Waals surface area (Å²) < 4.78 is 18.3. The number of esters is 2. The van der Waals surface area contributed by atoms with Gasteiger partial charge >= 0.3 is 11.9 Å². The molecule has 0 aromatic heterocycles. The second-order valence-corrected chi connectivity index (χ2v) is 25.1. The number of cyclic esters (lactones) is 2. The van der Waals surface area contributed by atoms with Gasteiger partial charge in [0, 0.05) is 39.8 Å². The van der Waals surface area contributed by atoms with E-state index in [4.69, 9.17) is 24.6 Å². The van der Waals surface area contributed by atoms with Gasteiger partial charge in [0.2, 0.25) is 52.7 Å². The summed E-state index contributed by atoms with van der Waals surface area (Å²) in [6.45, 7) is 18.2. The van der Waals surface area contributed by atoms with Crippen LogP contribution in [0.2, 0.25) is 0 Å². The Kier molecular flexibility index (Phi) is 20.8. The summed E-state index contributed by atoms with van der Waals surface area (Å²) in [4.78, 5) is 197. The van der Waals surface area contributed by atoms with Gasteiger partial charge in [-0.25, -0.2) is 14.6 Å². The molecular formula is C61H84N12O16. The van der Waals surface area contributed by atoms with Crippen molar-refractivity contribution in [2.24, 2.45) is 23.7 Å². The molecule has 28 heteroatoms. The van der Waals surface area contributed by atoms with E-state index < -0.39 is 191 Å². The Balaban J connectivity index is 1.32. The first-order chi connectivity index (χ1) is 41.7. The number of nitrogens with zero attached hydrogens (tertiary/aromatic N) is 6. The van der Waals surface area contributed by atoms with Gasteiger partial charge in [-0.15, -0.1) is 0 Å². The van der Waals surface area contributed by atoms with Crippen molar-refractivity contribution in [1.82, 2.24) is 56.1 Å². The summed E-state index contributed by atoms with van der Waals surface area (Å²) in [5.41, 5.74) is 3.55. The lowest BCUT2D eigenvalue weighted by atomic mass is 9.98.